The number of benzene rings is 2. The first kappa shape index (κ1) is 13.1. The van der Waals surface area contributed by atoms with Crippen LogP contribution >= 0.6 is 0 Å². The first-order valence-corrected chi connectivity index (χ1v) is 6.59. The van der Waals surface area contributed by atoms with Crippen LogP contribution in [0.2, 0.25) is 0 Å². The minimum absolute atomic E-state index is 0.254. The SMILES string of the molecule is Cc1c(N=Nc2ccccc2)c(=O)[nH]n1-c1ccccc1. The number of hydrogen-bond acceptors (Lipinski definition) is 3. The minimum atomic E-state index is -0.254. The topological polar surface area (TPSA) is 62.5 Å². The lowest BCUT2D eigenvalue weighted by Crippen LogP contribution is -2.04. The van der Waals surface area contributed by atoms with Crippen LogP contribution in [-0.2, 0) is 0 Å². The number of rotatable bonds is 3. The molecule has 3 rings (SSSR count). The highest BCUT2D eigenvalue weighted by atomic mass is 16.1. The molecule has 104 valence electrons. The highest BCUT2D eigenvalue weighted by Crippen LogP contribution is 2.20. The average molecular weight is 278 g/mol. The fourth-order valence-electron chi connectivity index (χ4n) is 2.06. The van der Waals surface area contributed by atoms with Crippen LogP contribution in [0.3, 0.4) is 0 Å². The summed E-state index contributed by atoms with van der Waals surface area (Å²) in [6.45, 7) is 1.84. The molecule has 0 saturated heterocycles. The third-order valence-corrected chi connectivity index (χ3v) is 3.14. The molecular formula is C16H14N4O. The highest BCUT2D eigenvalue weighted by Gasteiger charge is 2.11. The summed E-state index contributed by atoms with van der Waals surface area (Å²) in [7, 11) is 0. The summed E-state index contributed by atoms with van der Waals surface area (Å²) in [6.07, 6.45) is 0. The molecule has 21 heavy (non-hydrogen) atoms. The van der Waals surface area contributed by atoms with Gasteiger partial charge >= 0.3 is 0 Å². The van der Waals surface area contributed by atoms with Gasteiger partial charge in [0.05, 0.1) is 17.1 Å². The molecule has 0 aliphatic rings. The van der Waals surface area contributed by atoms with Gasteiger partial charge in [0.2, 0.25) is 0 Å². The van der Waals surface area contributed by atoms with Gasteiger partial charge in [0, 0.05) is 0 Å². The summed E-state index contributed by atoms with van der Waals surface area (Å²) < 4.78 is 1.71. The second-order valence-electron chi connectivity index (χ2n) is 4.58. The summed E-state index contributed by atoms with van der Waals surface area (Å²) in [5, 5.41) is 11.0. The molecule has 1 aromatic heterocycles. The molecule has 3 aromatic rings. The fraction of sp³-hybridized carbons (Fsp3) is 0.0625. The number of nitrogens with one attached hydrogen (secondary N) is 1. The maximum absolute atomic E-state index is 12.0. The molecule has 0 spiro atoms. The smallest absolute Gasteiger partial charge is 0.265 e. The van der Waals surface area contributed by atoms with Gasteiger partial charge < -0.3 is 0 Å². The van der Waals surface area contributed by atoms with E-state index in [9.17, 15) is 4.79 Å². The Morgan fingerprint density at radius 2 is 1.52 bits per heavy atom. The molecule has 0 unspecified atom stereocenters. The van der Waals surface area contributed by atoms with Gasteiger partial charge in [-0.3, -0.25) is 14.6 Å². The summed E-state index contributed by atoms with van der Waals surface area (Å²) in [6, 6.07) is 18.9. The first-order valence-electron chi connectivity index (χ1n) is 6.59. The van der Waals surface area contributed by atoms with E-state index in [1.165, 1.54) is 0 Å². The molecule has 0 aliphatic heterocycles. The fourth-order valence-corrected chi connectivity index (χ4v) is 2.06. The number of azo groups is 1. The Labute approximate surface area is 121 Å². The quantitative estimate of drug-likeness (QED) is 0.726. The molecule has 0 bridgehead atoms. The monoisotopic (exact) mass is 278 g/mol. The van der Waals surface area contributed by atoms with Crippen LogP contribution in [0.4, 0.5) is 11.4 Å². The van der Waals surface area contributed by atoms with Gasteiger partial charge in [-0.15, -0.1) is 5.11 Å². The normalized spacial score (nSPS) is 11.1. The molecule has 5 heteroatoms. The van der Waals surface area contributed by atoms with Crippen molar-refractivity contribution in [1.82, 2.24) is 9.78 Å². The third-order valence-electron chi connectivity index (χ3n) is 3.14. The predicted molar refractivity (Wildman–Crippen MR) is 81.7 cm³/mol. The van der Waals surface area contributed by atoms with Crippen LogP contribution < -0.4 is 5.56 Å². The molecule has 0 aliphatic carbocycles. The van der Waals surface area contributed by atoms with Crippen LogP contribution in [0.25, 0.3) is 5.69 Å². The van der Waals surface area contributed by atoms with Gasteiger partial charge in [-0.05, 0) is 31.2 Å². The molecule has 0 amide bonds. The molecule has 0 radical (unpaired) electrons. The lowest BCUT2D eigenvalue weighted by Gasteiger charge is -2.03. The summed E-state index contributed by atoms with van der Waals surface area (Å²) in [5.74, 6) is 0. The Kier molecular flexibility index (Phi) is 3.47. The molecule has 2 aromatic carbocycles. The van der Waals surface area contributed by atoms with Crippen molar-refractivity contribution < 1.29 is 0 Å². The van der Waals surface area contributed by atoms with E-state index in [1.807, 2.05) is 67.6 Å². The maximum atomic E-state index is 12.0. The van der Waals surface area contributed by atoms with Crippen molar-refractivity contribution >= 4 is 11.4 Å². The van der Waals surface area contributed by atoms with Crippen molar-refractivity contribution in [3.8, 4) is 5.69 Å². The van der Waals surface area contributed by atoms with Gasteiger partial charge in [-0.25, -0.2) is 0 Å². The van der Waals surface area contributed by atoms with E-state index in [-0.39, 0.29) is 5.56 Å². The summed E-state index contributed by atoms with van der Waals surface area (Å²) >= 11 is 0. The molecule has 0 atom stereocenters. The Hall–Kier alpha value is -2.95. The van der Waals surface area contributed by atoms with E-state index in [2.05, 4.69) is 15.3 Å². The number of H-pyrrole nitrogens is 1. The molecule has 0 fully saturated rings. The zero-order valence-corrected chi connectivity index (χ0v) is 11.5. The van der Waals surface area contributed by atoms with Crippen molar-refractivity contribution in [3.63, 3.8) is 0 Å². The van der Waals surface area contributed by atoms with Crippen LogP contribution in [-0.4, -0.2) is 9.78 Å². The lowest BCUT2D eigenvalue weighted by molar-refractivity contribution is 0.834. The molecular weight excluding hydrogens is 264 g/mol. The molecule has 0 saturated carbocycles. The second kappa shape index (κ2) is 5.58. The number of aromatic nitrogens is 2. The minimum Gasteiger partial charge on any atom is -0.265 e. The van der Waals surface area contributed by atoms with E-state index in [4.69, 9.17) is 0 Å². The number of hydrogen-bond donors (Lipinski definition) is 1. The zero-order valence-electron chi connectivity index (χ0n) is 11.5. The van der Waals surface area contributed by atoms with Crippen molar-refractivity contribution in [3.05, 3.63) is 76.7 Å². The Bertz CT molecular complexity index is 816. The van der Waals surface area contributed by atoms with E-state index >= 15 is 0 Å². The average Bonchev–Trinajstić information content (AvgIpc) is 2.82. The Balaban J connectivity index is 2.00. The molecule has 1 N–H and O–H groups in total. The van der Waals surface area contributed by atoms with Crippen LogP contribution in [0.15, 0.2) is 75.7 Å². The van der Waals surface area contributed by atoms with E-state index in [1.54, 1.807) is 4.68 Å². The van der Waals surface area contributed by atoms with Crippen LogP contribution in [0.5, 0.6) is 0 Å². The van der Waals surface area contributed by atoms with Gasteiger partial charge in [-0.1, -0.05) is 36.4 Å². The largest absolute Gasteiger partial charge is 0.292 e. The predicted octanol–water partition coefficient (Wildman–Crippen LogP) is 3.89. The van der Waals surface area contributed by atoms with Crippen molar-refractivity contribution in [1.29, 1.82) is 0 Å². The number of para-hydroxylation sites is 1. The van der Waals surface area contributed by atoms with Crippen molar-refractivity contribution in [2.24, 2.45) is 10.2 Å². The lowest BCUT2D eigenvalue weighted by atomic mass is 10.3. The van der Waals surface area contributed by atoms with Gasteiger partial charge in [0.15, 0.2) is 5.69 Å². The summed E-state index contributed by atoms with van der Waals surface area (Å²) in [4.78, 5) is 12.0. The van der Waals surface area contributed by atoms with E-state index in [0.29, 0.717) is 11.4 Å². The third kappa shape index (κ3) is 2.67. The van der Waals surface area contributed by atoms with Gasteiger partial charge in [-0.2, -0.15) is 5.11 Å². The highest BCUT2D eigenvalue weighted by molar-refractivity contribution is 5.45. The molecule has 1 heterocycles. The van der Waals surface area contributed by atoms with Gasteiger partial charge in [0.25, 0.3) is 5.56 Å². The van der Waals surface area contributed by atoms with E-state index in [0.717, 1.165) is 11.4 Å². The van der Waals surface area contributed by atoms with Crippen molar-refractivity contribution in [2.75, 3.05) is 0 Å². The first-order chi connectivity index (χ1) is 10.3. The number of aromatic amines is 1. The Morgan fingerprint density at radius 3 is 2.19 bits per heavy atom. The van der Waals surface area contributed by atoms with Gasteiger partial charge in [0.1, 0.15) is 0 Å². The molecule has 5 nitrogen and oxygen atoms in total. The standard InChI is InChI=1S/C16H14N4O/c1-12-15(18-17-13-8-4-2-5-9-13)16(21)19-20(12)14-10-6-3-7-11-14/h2-11H,1H3,(H,19,21). The second-order valence-corrected chi connectivity index (χ2v) is 4.58. The van der Waals surface area contributed by atoms with Crippen LogP contribution in [0.1, 0.15) is 5.69 Å². The zero-order chi connectivity index (χ0) is 14.7. The van der Waals surface area contributed by atoms with E-state index < -0.39 is 0 Å². The van der Waals surface area contributed by atoms with Crippen LogP contribution in [0, 0.1) is 6.92 Å². The Morgan fingerprint density at radius 1 is 0.905 bits per heavy atom. The number of nitrogens with zero attached hydrogens (tertiary/aromatic N) is 3. The summed E-state index contributed by atoms with van der Waals surface area (Å²) in [5.41, 5.74) is 2.39. The maximum Gasteiger partial charge on any atom is 0.292 e. The van der Waals surface area contributed by atoms with Crippen molar-refractivity contribution in [2.45, 2.75) is 6.92 Å².